The molecule has 0 aliphatic rings. The van der Waals surface area contributed by atoms with E-state index >= 15 is 0 Å². The number of H-pyrrole nitrogens is 1. The zero-order valence-corrected chi connectivity index (χ0v) is 17.4. The Morgan fingerprint density at radius 3 is 2.67 bits per heavy atom. The third-order valence-electron chi connectivity index (χ3n) is 4.68. The molecule has 154 valence electrons. The van der Waals surface area contributed by atoms with Gasteiger partial charge in [0.15, 0.2) is 5.52 Å². The Balaban J connectivity index is 1.63. The fourth-order valence-corrected chi connectivity index (χ4v) is 3.99. The van der Waals surface area contributed by atoms with Gasteiger partial charge in [0.25, 0.3) is 5.65 Å². The summed E-state index contributed by atoms with van der Waals surface area (Å²) in [5.74, 6) is 2.11. The number of benzene rings is 2. The molecule has 0 unspecified atom stereocenters. The SMILES string of the molecule is COc1ccc(OC)c(Sc2nc3c([nH]2)c(N)nc[n+]3CCc2ccc(O)cc2)c1. The summed E-state index contributed by atoms with van der Waals surface area (Å²) in [7, 11) is 3.25. The van der Waals surface area contributed by atoms with Crippen molar-refractivity contribution < 1.29 is 19.1 Å². The maximum Gasteiger partial charge on any atom is 0.294 e. The minimum Gasteiger partial charge on any atom is -0.508 e. The monoisotopic (exact) mass is 424 g/mol. The number of anilines is 1. The summed E-state index contributed by atoms with van der Waals surface area (Å²) in [6, 6.07) is 12.8. The molecule has 9 heteroatoms. The first-order valence-electron chi connectivity index (χ1n) is 9.29. The lowest BCUT2D eigenvalue weighted by Crippen LogP contribution is -2.36. The molecule has 0 saturated heterocycles. The summed E-state index contributed by atoms with van der Waals surface area (Å²) in [5, 5.41) is 10.1. The minimum atomic E-state index is 0.255. The molecule has 0 spiro atoms. The number of imidazole rings is 1. The zero-order valence-electron chi connectivity index (χ0n) is 16.6. The number of fused-ring (bicyclic) bond motifs is 1. The molecule has 0 fully saturated rings. The van der Waals surface area contributed by atoms with Gasteiger partial charge in [-0.25, -0.2) is 4.57 Å². The van der Waals surface area contributed by atoms with Crippen LogP contribution >= 0.6 is 11.8 Å². The Kier molecular flexibility index (Phi) is 5.62. The normalized spacial score (nSPS) is 11.0. The summed E-state index contributed by atoms with van der Waals surface area (Å²) in [5.41, 5.74) is 8.60. The molecule has 0 saturated carbocycles. The number of nitrogens with one attached hydrogen (secondary N) is 1. The highest BCUT2D eigenvalue weighted by Crippen LogP contribution is 2.36. The first-order chi connectivity index (χ1) is 14.6. The number of aryl methyl sites for hydroxylation is 2. The van der Waals surface area contributed by atoms with E-state index in [-0.39, 0.29) is 5.75 Å². The summed E-state index contributed by atoms with van der Waals surface area (Å²) in [4.78, 5) is 13.2. The Morgan fingerprint density at radius 2 is 1.93 bits per heavy atom. The van der Waals surface area contributed by atoms with E-state index in [4.69, 9.17) is 20.2 Å². The molecule has 2 heterocycles. The second-order valence-corrected chi connectivity index (χ2v) is 7.63. The topological polar surface area (TPSA) is 110 Å². The lowest BCUT2D eigenvalue weighted by Gasteiger charge is -2.07. The number of phenolic OH excluding ortho intramolecular Hbond substituents is 1. The zero-order chi connectivity index (χ0) is 21.1. The van der Waals surface area contributed by atoms with Gasteiger partial charge in [0.2, 0.25) is 17.3 Å². The number of methoxy groups -OCH3 is 2. The van der Waals surface area contributed by atoms with Gasteiger partial charge in [-0.05, 0) is 47.7 Å². The van der Waals surface area contributed by atoms with Crippen molar-refractivity contribution in [3.05, 3.63) is 54.4 Å². The molecule has 30 heavy (non-hydrogen) atoms. The molecule has 0 aliphatic carbocycles. The predicted octanol–water partition coefficient (Wildman–Crippen LogP) is 2.94. The average Bonchev–Trinajstić information content (AvgIpc) is 3.19. The number of hydrogen-bond donors (Lipinski definition) is 3. The second-order valence-electron chi connectivity index (χ2n) is 6.60. The van der Waals surface area contributed by atoms with E-state index in [2.05, 4.69) is 9.97 Å². The fraction of sp³-hybridized carbons (Fsp3) is 0.190. The number of aromatic amines is 1. The van der Waals surface area contributed by atoms with Crippen LogP contribution in [0, 0.1) is 0 Å². The van der Waals surface area contributed by atoms with E-state index < -0.39 is 0 Å². The van der Waals surface area contributed by atoms with E-state index in [0.717, 1.165) is 34.0 Å². The van der Waals surface area contributed by atoms with E-state index in [0.29, 0.717) is 23.0 Å². The highest BCUT2D eigenvalue weighted by Gasteiger charge is 2.20. The first-order valence-corrected chi connectivity index (χ1v) is 10.1. The molecule has 2 aromatic carbocycles. The van der Waals surface area contributed by atoms with Gasteiger partial charge < -0.3 is 25.3 Å². The van der Waals surface area contributed by atoms with Crippen LogP contribution < -0.4 is 19.8 Å². The lowest BCUT2D eigenvalue weighted by atomic mass is 10.1. The molecule has 4 rings (SSSR count). The number of phenols is 1. The number of nitrogens with zero attached hydrogens (tertiary/aromatic N) is 3. The molecule has 0 amide bonds. The molecule has 4 aromatic rings. The van der Waals surface area contributed by atoms with Crippen molar-refractivity contribution in [1.82, 2.24) is 15.0 Å². The second kappa shape index (κ2) is 8.50. The van der Waals surface area contributed by atoms with Crippen molar-refractivity contribution >= 4 is 28.7 Å². The first kappa shape index (κ1) is 19.8. The number of rotatable bonds is 7. The van der Waals surface area contributed by atoms with Crippen molar-refractivity contribution in [3.8, 4) is 17.2 Å². The number of hydrogen-bond acceptors (Lipinski definition) is 7. The van der Waals surface area contributed by atoms with Crippen LogP contribution in [0.2, 0.25) is 0 Å². The van der Waals surface area contributed by atoms with Crippen molar-refractivity contribution in [3.63, 3.8) is 0 Å². The van der Waals surface area contributed by atoms with Crippen molar-refractivity contribution in [2.24, 2.45) is 0 Å². The van der Waals surface area contributed by atoms with Gasteiger partial charge in [-0.15, -0.1) is 0 Å². The molecule has 8 nitrogen and oxygen atoms in total. The summed E-state index contributed by atoms with van der Waals surface area (Å²) in [6.45, 7) is 0.673. The third-order valence-corrected chi connectivity index (χ3v) is 5.61. The smallest absolute Gasteiger partial charge is 0.294 e. The molecule has 0 atom stereocenters. The van der Waals surface area contributed by atoms with E-state index in [1.165, 1.54) is 11.8 Å². The van der Waals surface area contributed by atoms with Crippen LogP contribution in [0.25, 0.3) is 11.2 Å². The van der Waals surface area contributed by atoms with Gasteiger partial charge >= 0.3 is 0 Å². The van der Waals surface area contributed by atoms with Crippen LogP contribution in [0.15, 0.2) is 58.8 Å². The van der Waals surface area contributed by atoms with Crippen LogP contribution in [0.1, 0.15) is 5.56 Å². The fourth-order valence-electron chi connectivity index (χ4n) is 3.07. The molecular formula is C21H22N5O3S+. The number of ether oxygens (including phenoxy) is 2. The van der Waals surface area contributed by atoms with Gasteiger partial charge in [0.05, 0.1) is 25.7 Å². The highest BCUT2D eigenvalue weighted by molar-refractivity contribution is 7.99. The van der Waals surface area contributed by atoms with E-state index in [9.17, 15) is 5.11 Å². The summed E-state index contributed by atoms with van der Waals surface area (Å²) >= 11 is 1.43. The largest absolute Gasteiger partial charge is 0.508 e. The van der Waals surface area contributed by atoms with E-state index in [1.807, 2.05) is 34.9 Å². The van der Waals surface area contributed by atoms with E-state index in [1.54, 1.807) is 32.7 Å². The molecule has 0 aliphatic heterocycles. The van der Waals surface area contributed by atoms with Gasteiger partial charge in [-0.1, -0.05) is 22.1 Å². The Hall–Kier alpha value is -3.46. The van der Waals surface area contributed by atoms with Gasteiger partial charge in [0.1, 0.15) is 17.2 Å². The standard InChI is InChI=1S/C21H21N5O3S/c1-28-15-7-8-16(29-2)17(11-15)30-21-24-18-19(22)23-12-26(20(18)25-21)10-9-13-3-5-14(27)6-4-13/h3-8,11-12H,9-10H2,1-2H3,(H3,22,24,25,27)/p+1. The number of aromatic hydroxyl groups is 1. The average molecular weight is 425 g/mol. The van der Waals surface area contributed by atoms with Gasteiger partial charge in [-0.3, -0.25) is 0 Å². The van der Waals surface area contributed by atoms with Crippen molar-refractivity contribution in [2.45, 2.75) is 23.0 Å². The van der Waals surface area contributed by atoms with Crippen LogP contribution in [-0.2, 0) is 13.0 Å². The minimum absolute atomic E-state index is 0.255. The maximum absolute atomic E-state index is 9.45. The van der Waals surface area contributed by atoms with Crippen LogP contribution in [0.5, 0.6) is 17.2 Å². The van der Waals surface area contributed by atoms with Crippen molar-refractivity contribution in [2.75, 3.05) is 20.0 Å². The number of aromatic nitrogens is 4. The Labute approximate surface area is 177 Å². The Bertz CT molecular complexity index is 1180. The van der Waals surface area contributed by atoms with Crippen molar-refractivity contribution in [1.29, 1.82) is 0 Å². The molecule has 0 bridgehead atoms. The lowest BCUT2D eigenvalue weighted by molar-refractivity contribution is -0.675. The van der Waals surface area contributed by atoms with Crippen LogP contribution in [0.3, 0.4) is 0 Å². The predicted molar refractivity (Wildman–Crippen MR) is 114 cm³/mol. The molecule has 0 radical (unpaired) electrons. The highest BCUT2D eigenvalue weighted by atomic mass is 32.2. The molecule has 4 N–H and O–H groups in total. The third kappa shape index (κ3) is 4.11. The molecular weight excluding hydrogens is 402 g/mol. The Morgan fingerprint density at radius 1 is 1.13 bits per heavy atom. The van der Waals surface area contributed by atoms with Gasteiger partial charge in [-0.2, -0.15) is 0 Å². The maximum atomic E-state index is 9.45. The van der Waals surface area contributed by atoms with Crippen LogP contribution in [0.4, 0.5) is 5.82 Å². The summed E-state index contributed by atoms with van der Waals surface area (Å²) in [6.07, 6.45) is 2.46. The number of nitrogen functional groups attached to an aromatic ring is 1. The molecule has 2 aromatic heterocycles. The van der Waals surface area contributed by atoms with Crippen LogP contribution in [-0.4, -0.2) is 34.3 Å². The quantitative estimate of drug-likeness (QED) is 0.391. The van der Waals surface area contributed by atoms with Gasteiger partial charge in [0, 0.05) is 6.42 Å². The summed E-state index contributed by atoms with van der Waals surface area (Å²) < 4.78 is 12.7. The number of nitrogens with two attached hydrogens (primary N) is 1.